The molecule has 0 bridgehead atoms. The quantitative estimate of drug-likeness (QED) is 0.697. The number of aryl methyl sites for hydroxylation is 2. The van der Waals surface area contributed by atoms with Crippen molar-refractivity contribution in [3.05, 3.63) is 63.1 Å². The Morgan fingerprint density at radius 3 is 2.41 bits per heavy atom. The lowest BCUT2D eigenvalue weighted by molar-refractivity contribution is 0.717. The van der Waals surface area contributed by atoms with E-state index in [1.807, 2.05) is 6.07 Å². The molecule has 0 radical (unpaired) electrons. The predicted molar refractivity (Wildman–Crippen MR) is 100 cm³/mol. The van der Waals surface area contributed by atoms with Crippen LogP contribution in [0.4, 0.5) is 5.69 Å². The second kappa shape index (κ2) is 7.32. The summed E-state index contributed by atoms with van der Waals surface area (Å²) in [6.45, 7) is 6.28. The summed E-state index contributed by atoms with van der Waals surface area (Å²) in [5, 5.41) is 7.97. The minimum atomic E-state index is 0.114. The van der Waals surface area contributed by atoms with E-state index in [1.165, 1.54) is 16.7 Å². The summed E-state index contributed by atoms with van der Waals surface area (Å²) in [5.41, 5.74) is 4.53. The van der Waals surface area contributed by atoms with E-state index in [2.05, 4.69) is 49.6 Å². The summed E-state index contributed by atoms with van der Waals surface area (Å²) in [6, 6.07) is 11.8. The zero-order valence-corrected chi connectivity index (χ0v) is 15.0. The van der Waals surface area contributed by atoms with E-state index in [0.717, 1.165) is 5.69 Å². The van der Waals surface area contributed by atoms with Crippen molar-refractivity contribution in [3.8, 4) is 0 Å². The lowest BCUT2D eigenvalue weighted by atomic mass is 10.0. The Hall–Kier alpha value is -1.29. The highest BCUT2D eigenvalue weighted by Crippen LogP contribution is 2.25. The van der Waals surface area contributed by atoms with Crippen LogP contribution in [0, 0.1) is 13.8 Å². The molecule has 0 aliphatic carbocycles. The summed E-state index contributed by atoms with van der Waals surface area (Å²) in [4.78, 5) is 0. The Bertz CT molecular complexity index is 701. The molecule has 2 N–H and O–H groups in total. The molecule has 0 saturated heterocycles. The molecular weight excluding hydrogens is 335 g/mol. The van der Waals surface area contributed by atoms with Crippen LogP contribution >= 0.6 is 35.4 Å². The number of halogens is 2. The summed E-state index contributed by atoms with van der Waals surface area (Å²) in [7, 11) is 0. The maximum atomic E-state index is 6.00. The number of rotatable bonds is 3. The standard InChI is InChI=1S/C17H18Cl2N2S/c1-10-4-6-14(11(2)8-10)12(3)20-17(22)21-13-5-7-15(18)16(19)9-13/h4-9,12H,1-3H3,(H2,20,21,22). The van der Waals surface area contributed by atoms with Crippen LogP contribution in [0.2, 0.25) is 10.0 Å². The molecule has 0 saturated carbocycles. The van der Waals surface area contributed by atoms with Crippen molar-refractivity contribution in [2.45, 2.75) is 26.8 Å². The molecule has 1 unspecified atom stereocenters. The first kappa shape index (κ1) is 17.1. The van der Waals surface area contributed by atoms with Gasteiger partial charge in [-0.1, -0.05) is 47.0 Å². The highest BCUT2D eigenvalue weighted by molar-refractivity contribution is 7.80. The molecular formula is C17H18Cl2N2S. The van der Waals surface area contributed by atoms with Gasteiger partial charge in [-0.2, -0.15) is 0 Å². The highest BCUT2D eigenvalue weighted by atomic mass is 35.5. The number of nitrogens with one attached hydrogen (secondary N) is 2. The van der Waals surface area contributed by atoms with Gasteiger partial charge in [-0.25, -0.2) is 0 Å². The Labute approximate surface area is 146 Å². The average molecular weight is 353 g/mol. The molecule has 0 amide bonds. The minimum absolute atomic E-state index is 0.114. The van der Waals surface area contributed by atoms with Crippen molar-refractivity contribution in [1.29, 1.82) is 0 Å². The van der Waals surface area contributed by atoms with Crippen molar-refractivity contribution < 1.29 is 0 Å². The van der Waals surface area contributed by atoms with Gasteiger partial charge in [0, 0.05) is 5.69 Å². The highest BCUT2D eigenvalue weighted by Gasteiger charge is 2.10. The van der Waals surface area contributed by atoms with Crippen LogP contribution in [-0.4, -0.2) is 5.11 Å². The molecule has 2 aromatic carbocycles. The summed E-state index contributed by atoms with van der Waals surface area (Å²) < 4.78 is 0. The fourth-order valence-corrected chi connectivity index (χ4v) is 2.92. The Kier molecular flexibility index (Phi) is 5.68. The average Bonchev–Trinajstić information content (AvgIpc) is 2.42. The zero-order chi connectivity index (χ0) is 16.3. The van der Waals surface area contributed by atoms with E-state index in [-0.39, 0.29) is 6.04 Å². The van der Waals surface area contributed by atoms with Gasteiger partial charge in [0.2, 0.25) is 0 Å². The molecule has 0 fully saturated rings. The molecule has 116 valence electrons. The van der Waals surface area contributed by atoms with Crippen molar-refractivity contribution >= 4 is 46.2 Å². The van der Waals surface area contributed by atoms with Gasteiger partial charge in [-0.15, -0.1) is 0 Å². The molecule has 0 aromatic heterocycles. The van der Waals surface area contributed by atoms with E-state index in [0.29, 0.717) is 15.2 Å². The normalized spacial score (nSPS) is 11.9. The molecule has 5 heteroatoms. The largest absolute Gasteiger partial charge is 0.356 e. The second-order valence-electron chi connectivity index (χ2n) is 5.31. The van der Waals surface area contributed by atoms with Crippen LogP contribution in [0.5, 0.6) is 0 Å². The predicted octanol–water partition coefficient (Wildman–Crippen LogP) is 5.66. The monoisotopic (exact) mass is 352 g/mol. The maximum Gasteiger partial charge on any atom is 0.171 e. The molecule has 2 rings (SSSR count). The van der Waals surface area contributed by atoms with Crippen molar-refractivity contribution in [3.63, 3.8) is 0 Å². The minimum Gasteiger partial charge on any atom is -0.356 e. The Morgan fingerprint density at radius 1 is 1.05 bits per heavy atom. The molecule has 0 spiro atoms. The topological polar surface area (TPSA) is 24.1 Å². The van der Waals surface area contributed by atoms with E-state index in [9.17, 15) is 0 Å². The van der Waals surface area contributed by atoms with Gasteiger partial charge < -0.3 is 10.6 Å². The Balaban J connectivity index is 2.03. The lowest BCUT2D eigenvalue weighted by Gasteiger charge is -2.19. The Morgan fingerprint density at radius 2 is 1.77 bits per heavy atom. The van der Waals surface area contributed by atoms with Gasteiger partial charge in [0.1, 0.15) is 0 Å². The number of anilines is 1. The molecule has 0 heterocycles. The number of hydrogen-bond acceptors (Lipinski definition) is 1. The van der Waals surface area contributed by atoms with Gasteiger partial charge in [-0.05, 0) is 62.3 Å². The first-order valence-electron chi connectivity index (χ1n) is 6.96. The zero-order valence-electron chi connectivity index (χ0n) is 12.7. The maximum absolute atomic E-state index is 6.00. The third-order valence-corrected chi connectivity index (χ3v) is 4.38. The fraction of sp³-hybridized carbons (Fsp3) is 0.235. The number of hydrogen-bond donors (Lipinski definition) is 2. The van der Waals surface area contributed by atoms with Crippen molar-refractivity contribution in [1.82, 2.24) is 5.32 Å². The van der Waals surface area contributed by atoms with Crippen molar-refractivity contribution in [2.24, 2.45) is 0 Å². The van der Waals surface area contributed by atoms with E-state index in [1.54, 1.807) is 12.1 Å². The molecule has 1 atom stereocenters. The van der Waals surface area contributed by atoms with Gasteiger partial charge in [0.05, 0.1) is 16.1 Å². The third-order valence-electron chi connectivity index (χ3n) is 3.42. The summed E-state index contributed by atoms with van der Waals surface area (Å²) in [5.74, 6) is 0. The van der Waals surface area contributed by atoms with Crippen LogP contribution < -0.4 is 10.6 Å². The van der Waals surface area contributed by atoms with Crippen LogP contribution in [0.3, 0.4) is 0 Å². The summed E-state index contributed by atoms with van der Waals surface area (Å²) >= 11 is 17.3. The second-order valence-corrected chi connectivity index (χ2v) is 6.53. The fourth-order valence-electron chi connectivity index (χ4n) is 2.33. The molecule has 2 nitrogen and oxygen atoms in total. The van der Waals surface area contributed by atoms with Crippen LogP contribution in [0.25, 0.3) is 0 Å². The van der Waals surface area contributed by atoms with Crippen molar-refractivity contribution in [2.75, 3.05) is 5.32 Å². The van der Waals surface area contributed by atoms with E-state index < -0.39 is 0 Å². The van der Waals surface area contributed by atoms with E-state index in [4.69, 9.17) is 35.4 Å². The van der Waals surface area contributed by atoms with Crippen LogP contribution in [-0.2, 0) is 0 Å². The first-order valence-corrected chi connectivity index (χ1v) is 8.13. The summed E-state index contributed by atoms with van der Waals surface area (Å²) in [6.07, 6.45) is 0. The smallest absolute Gasteiger partial charge is 0.171 e. The van der Waals surface area contributed by atoms with E-state index >= 15 is 0 Å². The molecule has 2 aromatic rings. The molecule has 22 heavy (non-hydrogen) atoms. The third kappa shape index (κ3) is 4.35. The first-order chi connectivity index (χ1) is 10.4. The number of thiocarbonyl (C=S) groups is 1. The van der Waals surface area contributed by atoms with Gasteiger partial charge in [0.15, 0.2) is 5.11 Å². The molecule has 0 aliphatic heterocycles. The lowest BCUT2D eigenvalue weighted by Crippen LogP contribution is -2.31. The van der Waals surface area contributed by atoms with Gasteiger partial charge >= 0.3 is 0 Å². The molecule has 0 aliphatic rings. The number of benzene rings is 2. The SMILES string of the molecule is Cc1ccc(C(C)NC(=S)Nc2ccc(Cl)c(Cl)c2)c(C)c1. The van der Waals surface area contributed by atoms with Crippen LogP contribution in [0.15, 0.2) is 36.4 Å². The van der Waals surface area contributed by atoms with Gasteiger partial charge in [0.25, 0.3) is 0 Å². The van der Waals surface area contributed by atoms with Crippen LogP contribution in [0.1, 0.15) is 29.7 Å². The van der Waals surface area contributed by atoms with Gasteiger partial charge in [-0.3, -0.25) is 0 Å².